The first-order valence-electron chi connectivity index (χ1n) is 5.25. The van der Waals surface area contributed by atoms with Gasteiger partial charge in [-0.1, -0.05) is 0 Å². The number of H-pyrrole nitrogens is 1. The van der Waals surface area contributed by atoms with E-state index in [9.17, 15) is 4.79 Å². The molecule has 1 aromatic rings. The molecule has 0 spiro atoms. The first-order valence-corrected chi connectivity index (χ1v) is 5.25. The molecule has 16 heavy (non-hydrogen) atoms. The number of rotatable bonds is 5. The Morgan fingerprint density at radius 3 is 2.88 bits per heavy atom. The summed E-state index contributed by atoms with van der Waals surface area (Å²) in [5.41, 5.74) is 6.28. The van der Waals surface area contributed by atoms with Crippen molar-refractivity contribution >= 4 is 11.6 Å². The van der Waals surface area contributed by atoms with Crippen LogP contribution in [0.5, 0.6) is 0 Å². The number of aromatic amines is 1. The van der Waals surface area contributed by atoms with E-state index in [1.165, 1.54) is 6.20 Å². The van der Waals surface area contributed by atoms with Crippen molar-refractivity contribution in [3.8, 4) is 0 Å². The van der Waals surface area contributed by atoms with E-state index in [0.29, 0.717) is 11.4 Å². The fraction of sp³-hybridized carbons (Fsp3) is 0.600. The summed E-state index contributed by atoms with van der Waals surface area (Å²) < 4.78 is 0. The van der Waals surface area contributed by atoms with E-state index >= 15 is 0 Å². The molecule has 0 radical (unpaired) electrons. The van der Waals surface area contributed by atoms with E-state index in [2.05, 4.69) is 20.4 Å². The number of anilines is 1. The van der Waals surface area contributed by atoms with Crippen LogP contribution < -0.4 is 11.1 Å². The molecule has 0 fully saturated rings. The molecule has 0 aromatic carbocycles. The zero-order valence-corrected chi connectivity index (χ0v) is 9.95. The molecule has 90 valence electrons. The molecule has 1 rings (SSSR count). The average molecular weight is 225 g/mol. The number of carbonyl (C=O) groups excluding carboxylic acids is 1. The normalized spacial score (nSPS) is 12.8. The van der Waals surface area contributed by atoms with E-state index < -0.39 is 0 Å². The second-order valence-electron chi connectivity index (χ2n) is 4.17. The molecular formula is C10H19N5O. The van der Waals surface area contributed by atoms with Gasteiger partial charge in [0.2, 0.25) is 0 Å². The topological polar surface area (TPSA) is 87.0 Å². The molecule has 0 aliphatic heterocycles. The fourth-order valence-corrected chi connectivity index (χ4v) is 1.30. The van der Waals surface area contributed by atoms with Gasteiger partial charge in [0, 0.05) is 6.04 Å². The summed E-state index contributed by atoms with van der Waals surface area (Å²) in [7, 11) is 4.00. The lowest BCUT2D eigenvalue weighted by atomic mass is 10.2. The molecule has 6 nitrogen and oxygen atoms in total. The van der Waals surface area contributed by atoms with Crippen LogP contribution in [0.1, 0.15) is 23.8 Å². The number of nitrogens with two attached hydrogens (primary N) is 1. The van der Waals surface area contributed by atoms with Gasteiger partial charge in [-0.3, -0.25) is 9.89 Å². The lowest BCUT2D eigenvalue weighted by molar-refractivity contribution is 0.0932. The Morgan fingerprint density at radius 1 is 1.69 bits per heavy atom. The van der Waals surface area contributed by atoms with E-state index in [1.54, 1.807) is 0 Å². The zero-order valence-electron chi connectivity index (χ0n) is 9.95. The van der Waals surface area contributed by atoms with E-state index in [0.717, 1.165) is 13.0 Å². The maximum atomic E-state index is 11.7. The third kappa shape index (κ3) is 3.54. The summed E-state index contributed by atoms with van der Waals surface area (Å²) in [6.07, 6.45) is 2.33. The van der Waals surface area contributed by atoms with Gasteiger partial charge in [0.25, 0.3) is 5.91 Å². The van der Waals surface area contributed by atoms with Crippen molar-refractivity contribution in [3.05, 3.63) is 11.9 Å². The number of aromatic nitrogens is 2. The summed E-state index contributed by atoms with van der Waals surface area (Å²) in [5.74, 6) is -0.207. The highest BCUT2D eigenvalue weighted by atomic mass is 16.2. The number of carbonyl (C=O) groups is 1. The molecule has 0 saturated carbocycles. The summed E-state index contributed by atoms with van der Waals surface area (Å²) in [6.45, 7) is 2.90. The standard InChI is InChI=1S/C10H19N5O/c1-7(4-5-15(2)3)13-10(16)9-8(11)6-12-14-9/h6-7H,4-5,11H2,1-3H3,(H,12,14)(H,13,16). The molecule has 0 saturated heterocycles. The lowest BCUT2D eigenvalue weighted by Gasteiger charge is -2.16. The number of nitrogens with zero attached hydrogens (tertiary/aromatic N) is 2. The molecule has 1 aromatic heterocycles. The molecule has 4 N–H and O–H groups in total. The molecule has 1 atom stereocenters. The summed E-state index contributed by atoms with van der Waals surface area (Å²) in [6, 6.07) is 0.109. The molecule has 0 aliphatic carbocycles. The number of nitrogens with one attached hydrogen (secondary N) is 2. The van der Waals surface area contributed by atoms with Gasteiger partial charge in [0.15, 0.2) is 0 Å². The van der Waals surface area contributed by atoms with Gasteiger partial charge in [-0.05, 0) is 34.0 Å². The largest absolute Gasteiger partial charge is 0.396 e. The minimum atomic E-state index is -0.207. The van der Waals surface area contributed by atoms with Crippen LogP contribution in [-0.2, 0) is 0 Å². The smallest absolute Gasteiger partial charge is 0.271 e. The number of nitrogen functional groups attached to an aromatic ring is 1. The van der Waals surface area contributed by atoms with Crippen molar-refractivity contribution < 1.29 is 4.79 Å². The highest BCUT2D eigenvalue weighted by Gasteiger charge is 2.14. The lowest BCUT2D eigenvalue weighted by Crippen LogP contribution is -2.35. The second-order valence-corrected chi connectivity index (χ2v) is 4.17. The van der Waals surface area contributed by atoms with Gasteiger partial charge in [-0.15, -0.1) is 0 Å². The van der Waals surface area contributed by atoms with Gasteiger partial charge < -0.3 is 16.0 Å². The van der Waals surface area contributed by atoms with Crippen LogP contribution in [0.4, 0.5) is 5.69 Å². The van der Waals surface area contributed by atoms with Crippen molar-refractivity contribution in [2.75, 3.05) is 26.4 Å². The fourth-order valence-electron chi connectivity index (χ4n) is 1.30. The number of hydrogen-bond acceptors (Lipinski definition) is 4. The van der Waals surface area contributed by atoms with Gasteiger partial charge in [0.05, 0.1) is 11.9 Å². The summed E-state index contributed by atoms with van der Waals surface area (Å²) >= 11 is 0. The monoisotopic (exact) mass is 225 g/mol. The van der Waals surface area contributed by atoms with Crippen LogP contribution in [-0.4, -0.2) is 47.7 Å². The number of amides is 1. The quantitative estimate of drug-likeness (QED) is 0.661. The predicted octanol–water partition coefficient (Wildman–Crippen LogP) is 0.0619. The van der Waals surface area contributed by atoms with E-state index in [4.69, 9.17) is 5.73 Å². The van der Waals surface area contributed by atoms with Gasteiger partial charge in [-0.2, -0.15) is 5.10 Å². The Hall–Kier alpha value is -1.56. The van der Waals surface area contributed by atoms with Crippen LogP contribution in [0.3, 0.4) is 0 Å². The molecule has 6 heteroatoms. The first-order chi connectivity index (χ1) is 7.50. The van der Waals surface area contributed by atoms with Crippen LogP contribution in [0, 0.1) is 0 Å². The molecule has 1 amide bonds. The Kier molecular flexibility index (Phi) is 4.30. The minimum Gasteiger partial charge on any atom is -0.396 e. The SMILES string of the molecule is CC(CCN(C)C)NC(=O)c1[nH]ncc1N. The van der Waals surface area contributed by atoms with E-state index in [1.807, 2.05) is 21.0 Å². The Bertz CT molecular complexity index is 347. The molecule has 1 heterocycles. The average Bonchev–Trinajstić information content (AvgIpc) is 2.61. The maximum absolute atomic E-state index is 11.7. The van der Waals surface area contributed by atoms with Gasteiger partial charge in [0.1, 0.15) is 5.69 Å². The third-order valence-electron chi connectivity index (χ3n) is 2.28. The van der Waals surface area contributed by atoms with Crippen molar-refractivity contribution in [1.82, 2.24) is 20.4 Å². The maximum Gasteiger partial charge on any atom is 0.271 e. The first kappa shape index (κ1) is 12.5. The second kappa shape index (κ2) is 5.50. The van der Waals surface area contributed by atoms with Crippen LogP contribution >= 0.6 is 0 Å². The zero-order chi connectivity index (χ0) is 12.1. The summed E-state index contributed by atoms with van der Waals surface area (Å²) in [4.78, 5) is 13.8. The Morgan fingerprint density at radius 2 is 2.38 bits per heavy atom. The van der Waals surface area contributed by atoms with Crippen LogP contribution in [0.25, 0.3) is 0 Å². The molecule has 1 unspecified atom stereocenters. The Labute approximate surface area is 95.2 Å². The minimum absolute atomic E-state index is 0.109. The van der Waals surface area contributed by atoms with Gasteiger partial charge in [-0.25, -0.2) is 0 Å². The van der Waals surface area contributed by atoms with Crippen molar-refractivity contribution in [3.63, 3.8) is 0 Å². The van der Waals surface area contributed by atoms with E-state index in [-0.39, 0.29) is 11.9 Å². The third-order valence-corrected chi connectivity index (χ3v) is 2.28. The molecular weight excluding hydrogens is 206 g/mol. The van der Waals surface area contributed by atoms with Gasteiger partial charge >= 0.3 is 0 Å². The predicted molar refractivity (Wildman–Crippen MR) is 63.1 cm³/mol. The Balaban J connectivity index is 2.43. The highest BCUT2D eigenvalue weighted by molar-refractivity contribution is 5.97. The summed E-state index contributed by atoms with van der Waals surface area (Å²) in [5, 5.41) is 9.14. The van der Waals surface area contributed by atoms with Crippen LogP contribution in [0.2, 0.25) is 0 Å². The van der Waals surface area contributed by atoms with Crippen molar-refractivity contribution in [2.45, 2.75) is 19.4 Å². The molecule has 0 bridgehead atoms. The van der Waals surface area contributed by atoms with Crippen molar-refractivity contribution in [1.29, 1.82) is 0 Å². The molecule has 0 aliphatic rings. The van der Waals surface area contributed by atoms with Crippen LogP contribution in [0.15, 0.2) is 6.20 Å². The highest BCUT2D eigenvalue weighted by Crippen LogP contribution is 2.06. The van der Waals surface area contributed by atoms with Crippen molar-refractivity contribution in [2.24, 2.45) is 0 Å². The number of hydrogen-bond donors (Lipinski definition) is 3.